The molecule has 9 aromatic rings. The fourth-order valence-electron chi connectivity index (χ4n) is 7.43. The maximum absolute atomic E-state index is 6.44. The molecule has 0 spiro atoms. The van der Waals surface area contributed by atoms with E-state index < -0.39 is 0 Å². The zero-order chi connectivity index (χ0) is 37.3. The molecule has 0 amide bonds. The molecular weight excluding hydrogens is 685 g/mol. The van der Waals surface area contributed by atoms with Crippen molar-refractivity contribution in [2.24, 2.45) is 0 Å². The molecule has 5 nitrogen and oxygen atoms in total. The first-order valence-electron chi connectivity index (χ1n) is 18.7. The van der Waals surface area contributed by atoms with Crippen LogP contribution in [0.5, 0.6) is 11.5 Å². The molecule has 0 N–H and O–H groups in total. The molecule has 0 bridgehead atoms. The van der Waals surface area contributed by atoms with Crippen LogP contribution in [0.1, 0.15) is 0 Å². The smallest absolute Gasteiger partial charge is 0.166 e. The molecule has 5 heteroatoms. The van der Waals surface area contributed by atoms with Crippen molar-refractivity contribution in [1.29, 1.82) is 0 Å². The zero-order valence-electron chi connectivity index (χ0n) is 30.3. The van der Waals surface area contributed by atoms with E-state index in [0.717, 1.165) is 67.5 Å². The van der Waals surface area contributed by atoms with Crippen molar-refractivity contribution in [3.05, 3.63) is 206 Å². The van der Waals surface area contributed by atoms with E-state index in [9.17, 15) is 0 Å². The summed E-state index contributed by atoms with van der Waals surface area (Å²) in [6.45, 7) is 0. The molecular formula is C51H34N4O. The van der Waals surface area contributed by atoms with Crippen LogP contribution < -0.4 is 9.64 Å². The lowest BCUT2D eigenvalue weighted by Gasteiger charge is -2.34. The molecule has 0 radical (unpaired) electrons. The first-order valence-corrected chi connectivity index (χ1v) is 18.7. The number of hydrogen-bond acceptors (Lipinski definition) is 5. The second-order valence-electron chi connectivity index (χ2n) is 13.6. The highest BCUT2D eigenvalue weighted by Gasteiger charge is 2.29. The highest BCUT2D eigenvalue weighted by Crippen LogP contribution is 2.52. The maximum atomic E-state index is 6.44. The third-order valence-electron chi connectivity index (χ3n) is 10.1. The number of fused-ring (bicyclic) bond motifs is 2. The highest BCUT2D eigenvalue weighted by molar-refractivity contribution is 5.94. The molecule has 2 heterocycles. The summed E-state index contributed by atoms with van der Waals surface area (Å²) < 4.78 is 6.44. The van der Waals surface area contributed by atoms with Crippen LogP contribution in [0.3, 0.4) is 0 Å². The molecule has 0 atom stereocenters. The van der Waals surface area contributed by atoms with Gasteiger partial charge < -0.3 is 9.64 Å². The summed E-state index contributed by atoms with van der Waals surface area (Å²) in [7, 11) is 0. The van der Waals surface area contributed by atoms with Crippen molar-refractivity contribution in [3.63, 3.8) is 0 Å². The van der Waals surface area contributed by atoms with Gasteiger partial charge in [-0.3, -0.25) is 0 Å². The van der Waals surface area contributed by atoms with E-state index in [2.05, 4.69) is 114 Å². The van der Waals surface area contributed by atoms with Gasteiger partial charge in [0.05, 0.1) is 17.1 Å². The number of aromatic nitrogens is 3. The molecule has 56 heavy (non-hydrogen) atoms. The molecule has 264 valence electrons. The number of rotatable bonds is 7. The van der Waals surface area contributed by atoms with Crippen LogP contribution in [0, 0.1) is 0 Å². The summed E-state index contributed by atoms with van der Waals surface area (Å²) in [6, 6.07) is 71.0. The molecule has 1 aromatic heterocycles. The summed E-state index contributed by atoms with van der Waals surface area (Å²) in [4.78, 5) is 17.8. The Kier molecular flexibility index (Phi) is 8.43. The van der Waals surface area contributed by atoms with E-state index in [4.69, 9.17) is 19.7 Å². The number of hydrogen-bond donors (Lipinski definition) is 0. The third-order valence-corrected chi connectivity index (χ3v) is 10.1. The minimum atomic E-state index is 0.570. The average molecular weight is 719 g/mol. The van der Waals surface area contributed by atoms with Gasteiger partial charge >= 0.3 is 0 Å². The topological polar surface area (TPSA) is 51.1 Å². The Bertz CT molecular complexity index is 2720. The van der Waals surface area contributed by atoms with Gasteiger partial charge in [0.15, 0.2) is 29.0 Å². The van der Waals surface area contributed by atoms with E-state index in [0.29, 0.717) is 17.5 Å². The Morgan fingerprint density at radius 1 is 0.286 bits per heavy atom. The number of ether oxygens (including phenoxy) is 1. The third kappa shape index (κ3) is 6.17. The van der Waals surface area contributed by atoms with E-state index in [1.54, 1.807) is 0 Å². The van der Waals surface area contributed by atoms with E-state index in [1.807, 2.05) is 97.1 Å². The van der Waals surface area contributed by atoms with E-state index in [-0.39, 0.29) is 0 Å². The predicted octanol–water partition coefficient (Wildman–Crippen LogP) is 13.4. The van der Waals surface area contributed by atoms with Crippen molar-refractivity contribution in [2.45, 2.75) is 0 Å². The molecule has 0 fully saturated rings. The Labute approximate surface area is 325 Å². The summed E-state index contributed by atoms with van der Waals surface area (Å²) in [5, 5.41) is 0. The van der Waals surface area contributed by atoms with Gasteiger partial charge in [0.1, 0.15) is 0 Å². The molecule has 1 aliphatic heterocycles. The van der Waals surface area contributed by atoms with Gasteiger partial charge in [-0.15, -0.1) is 0 Å². The van der Waals surface area contributed by atoms with Crippen LogP contribution in [-0.2, 0) is 0 Å². The minimum Gasteiger partial charge on any atom is -0.453 e. The number of benzene rings is 8. The first kappa shape index (κ1) is 33.0. The Morgan fingerprint density at radius 2 is 0.696 bits per heavy atom. The average Bonchev–Trinajstić information content (AvgIpc) is 3.29. The lowest BCUT2D eigenvalue weighted by atomic mass is 9.90. The fraction of sp³-hybridized carbons (Fsp3) is 0. The normalized spacial score (nSPS) is 11.7. The molecule has 1 aliphatic rings. The number of anilines is 3. The van der Waals surface area contributed by atoms with Crippen LogP contribution in [0.25, 0.3) is 67.5 Å². The molecule has 0 unspecified atom stereocenters. The van der Waals surface area contributed by atoms with Gasteiger partial charge in [-0.25, -0.2) is 15.0 Å². The van der Waals surface area contributed by atoms with Crippen LogP contribution in [0.15, 0.2) is 206 Å². The molecule has 10 rings (SSSR count). The largest absolute Gasteiger partial charge is 0.453 e. The fourth-order valence-corrected chi connectivity index (χ4v) is 7.43. The summed E-state index contributed by atoms with van der Waals surface area (Å²) in [5.41, 5.74) is 12.3. The number of para-hydroxylation sites is 4. The lowest BCUT2D eigenvalue weighted by Crippen LogP contribution is -2.17. The van der Waals surface area contributed by atoms with Gasteiger partial charge in [-0.1, -0.05) is 164 Å². The second-order valence-corrected chi connectivity index (χ2v) is 13.6. The van der Waals surface area contributed by atoms with Gasteiger partial charge in [0.25, 0.3) is 0 Å². The maximum Gasteiger partial charge on any atom is 0.166 e. The predicted molar refractivity (Wildman–Crippen MR) is 227 cm³/mol. The molecule has 0 saturated heterocycles. The van der Waals surface area contributed by atoms with Crippen LogP contribution in [0.4, 0.5) is 17.1 Å². The molecule has 0 saturated carbocycles. The monoisotopic (exact) mass is 718 g/mol. The van der Waals surface area contributed by atoms with E-state index >= 15 is 0 Å². The standard InChI is InChI=1S/C51H34N4O/c1-5-17-35(18-6-1)41-31-29-39(33-42(41)36-19-7-2-8-20-36)40-30-32-44(55-45-25-13-15-27-47(45)56-48-28-16-14-26-46(48)55)43(34-40)51-53-49(37-21-9-3-10-22-37)52-50(54-51)38-23-11-4-12-24-38/h1-34H. The van der Waals surface area contributed by atoms with Gasteiger partial charge in [0, 0.05) is 16.7 Å². The Hall–Kier alpha value is -7.63. The van der Waals surface area contributed by atoms with Crippen LogP contribution in [0.2, 0.25) is 0 Å². The molecule has 0 aliphatic carbocycles. The lowest BCUT2D eigenvalue weighted by molar-refractivity contribution is 0.477. The summed E-state index contributed by atoms with van der Waals surface area (Å²) >= 11 is 0. The van der Waals surface area contributed by atoms with E-state index in [1.165, 1.54) is 11.1 Å². The van der Waals surface area contributed by atoms with Crippen molar-refractivity contribution in [1.82, 2.24) is 15.0 Å². The summed E-state index contributed by atoms with van der Waals surface area (Å²) in [5.74, 6) is 3.33. The first-order chi connectivity index (χ1) is 27.8. The SMILES string of the molecule is c1ccc(-c2nc(-c3ccccc3)nc(-c3cc(-c4ccc(-c5ccccc5)c(-c5ccccc5)c4)ccc3N3c4ccccc4Oc4ccccc43)n2)cc1. The van der Waals surface area contributed by atoms with Gasteiger partial charge in [-0.05, 0) is 75.8 Å². The van der Waals surface area contributed by atoms with Crippen molar-refractivity contribution < 1.29 is 4.74 Å². The van der Waals surface area contributed by atoms with Gasteiger partial charge in [-0.2, -0.15) is 0 Å². The van der Waals surface area contributed by atoms with Crippen LogP contribution >= 0.6 is 0 Å². The van der Waals surface area contributed by atoms with Crippen molar-refractivity contribution in [2.75, 3.05) is 4.90 Å². The quantitative estimate of drug-likeness (QED) is 0.164. The Balaban J connectivity index is 1.23. The summed E-state index contributed by atoms with van der Waals surface area (Å²) in [6.07, 6.45) is 0. The van der Waals surface area contributed by atoms with Crippen LogP contribution in [-0.4, -0.2) is 15.0 Å². The number of nitrogens with zero attached hydrogens (tertiary/aromatic N) is 4. The Morgan fingerprint density at radius 3 is 1.23 bits per heavy atom. The van der Waals surface area contributed by atoms with Gasteiger partial charge in [0.2, 0.25) is 0 Å². The minimum absolute atomic E-state index is 0.570. The highest BCUT2D eigenvalue weighted by atomic mass is 16.5. The van der Waals surface area contributed by atoms with Crippen molar-refractivity contribution in [3.8, 4) is 79.0 Å². The second kappa shape index (κ2) is 14.3. The zero-order valence-corrected chi connectivity index (χ0v) is 30.3. The molecule has 8 aromatic carbocycles. The van der Waals surface area contributed by atoms with Crippen molar-refractivity contribution >= 4 is 17.1 Å².